The molecule has 0 fully saturated rings. The molecule has 9 heteroatoms. The highest BCUT2D eigenvalue weighted by Crippen LogP contribution is 2.38. The standard InChI is InChI=1S/C15H11BrN4O2S2/c16-9-3-1-8(2-4-9)10-5-23-13-12(10)14(19-7-18-13)24-6-11(21)20-15(17)22/h1-5,7H,6H2,(H3,17,20,21,22). The van der Waals surface area contributed by atoms with E-state index in [1.54, 1.807) is 0 Å². The van der Waals surface area contributed by atoms with Crippen LogP contribution in [0.15, 0.2) is 45.5 Å². The third-order valence-corrected chi connectivity index (χ3v) is 5.50. The molecule has 0 bridgehead atoms. The second-order valence-corrected chi connectivity index (χ2v) is 7.45. The van der Waals surface area contributed by atoms with Crippen LogP contribution in [0.25, 0.3) is 21.3 Å². The van der Waals surface area contributed by atoms with Gasteiger partial charge in [0.15, 0.2) is 0 Å². The molecule has 0 aliphatic rings. The fourth-order valence-electron chi connectivity index (χ4n) is 2.11. The van der Waals surface area contributed by atoms with Gasteiger partial charge in [0, 0.05) is 15.4 Å². The minimum atomic E-state index is -0.862. The lowest BCUT2D eigenvalue weighted by Crippen LogP contribution is -2.36. The minimum absolute atomic E-state index is 0.0463. The van der Waals surface area contributed by atoms with Crippen molar-refractivity contribution in [2.75, 3.05) is 5.75 Å². The van der Waals surface area contributed by atoms with Gasteiger partial charge in [-0.15, -0.1) is 11.3 Å². The molecule has 3 aromatic rings. The largest absolute Gasteiger partial charge is 0.351 e. The maximum atomic E-state index is 11.6. The summed E-state index contributed by atoms with van der Waals surface area (Å²) in [6.45, 7) is 0. The first-order valence-electron chi connectivity index (χ1n) is 6.75. The number of primary amides is 1. The van der Waals surface area contributed by atoms with Crippen molar-refractivity contribution in [2.45, 2.75) is 5.03 Å². The Hall–Kier alpha value is -1.97. The number of urea groups is 1. The van der Waals surface area contributed by atoms with E-state index in [2.05, 4.69) is 25.9 Å². The number of thioether (sulfide) groups is 1. The number of nitrogens with one attached hydrogen (secondary N) is 1. The van der Waals surface area contributed by atoms with Gasteiger partial charge in [-0.1, -0.05) is 39.8 Å². The van der Waals surface area contributed by atoms with E-state index in [1.165, 1.54) is 29.4 Å². The number of carbonyl (C=O) groups is 2. The summed E-state index contributed by atoms with van der Waals surface area (Å²) in [6, 6.07) is 7.09. The Morgan fingerprint density at radius 1 is 1.25 bits per heavy atom. The Kier molecular flexibility index (Phi) is 5.12. The van der Waals surface area contributed by atoms with Crippen molar-refractivity contribution in [3.63, 3.8) is 0 Å². The quantitative estimate of drug-likeness (QED) is 0.495. The van der Waals surface area contributed by atoms with Crippen molar-refractivity contribution < 1.29 is 9.59 Å². The summed E-state index contributed by atoms with van der Waals surface area (Å²) in [5.41, 5.74) is 7.00. The first kappa shape index (κ1) is 16.9. The van der Waals surface area contributed by atoms with Crippen molar-refractivity contribution in [3.8, 4) is 11.1 Å². The molecule has 0 radical (unpaired) electrons. The van der Waals surface area contributed by atoms with Crippen molar-refractivity contribution in [1.82, 2.24) is 15.3 Å². The molecular formula is C15H11BrN4O2S2. The smallest absolute Gasteiger partial charge is 0.318 e. The minimum Gasteiger partial charge on any atom is -0.351 e. The maximum Gasteiger partial charge on any atom is 0.318 e. The van der Waals surface area contributed by atoms with E-state index in [-0.39, 0.29) is 5.75 Å². The number of rotatable bonds is 4. The van der Waals surface area contributed by atoms with Crippen molar-refractivity contribution >= 4 is 61.2 Å². The van der Waals surface area contributed by atoms with Crippen molar-refractivity contribution in [1.29, 1.82) is 0 Å². The van der Waals surface area contributed by atoms with E-state index < -0.39 is 11.9 Å². The van der Waals surface area contributed by atoms with Gasteiger partial charge in [0.25, 0.3) is 0 Å². The Morgan fingerprint density at radius 2 is 2.00 bits per heavy atom. The molecule has 24 heavy (non-hydrogen) atoms. The number of carbonyl (C=O) groups excluding carboxylic acids is 2. The number of hydrogen-bond acceptors (Lipinski definition) is 6. The Balaban J connectivity index is 1.94. The predicted octanol–water partition coefficient (Wildman–Crippen LogP) is 3.41. The monoisotopic (exact) mass is 422 g/mol. The summed E-state index contributed by atoms with van der Waals surface area (Å²) < 4.78 is 1.000. The number of thiophene rings is 1. The number of nitrogens with zero attached hydrogens (tertiary/aromatic N) is 2. The summed E-state index contributed by atoms with van der Waals surface area (Å²) in [4.78, 5) is 31.8. The Bertz CT molecular complexity index is 911. The van der Waals surface area contributed by atoms with Crippen LogP contribution < -0.4 is 11.1 Å². The van der Waals surface area contributed by atoms with Crippen LogP contribution in [0.1, 0.15) is 0 Å². The number of hydrogen-bond donors (Lipinski definition) is 2. The van der Waals surface area contributed by atoms with Gasteiger partial charge in [-0.25, -0.2) is 14.8 Å². The van der Waals surface area contributed by atoms with E-state index in [1.807, 2.05) is 35.0 Å². The molecule has 0 atom stereocenters. The van der Waals surface area contributed by atoms with Gasteiger partial charge in [-0.05, 0) is 17.7 Å². The molecule has 0 saturated heterocycles. The normalized spacial score (nSPS) is 10.7. The van der Waals surface area contributed by atoms with E-state index >= 15 is 0 Å². The van der Waals surface area contributed by atoms with Gasteiger partial charge in [0.2, 0.25) is 5.91 Å². The summed E-state index contributed by atoms with van der Waals surface area (Å²) in [5, 5.41) is 5.66. The highest BCUT2D eigenvalue weighted by Gasteiger charge is 2.15. The van der Waals surface area contributed by atoms with Gasteiger partial charge in [-0.2, -0.15) is 0 Å². The number of nitrogens with two attached hydrogens (primary N) is 1. The predicted molar refractivity (Wildman–Crippen MR) is 99.0 cm³/mol. The van der Waals surface area contributed by atoms with E-state index in [0.717, 1.165) is 25.8 Å². The summed E-state index contributed by atoms with van der Waals surface area (Å²) in [5.74, 6) is -0.412. The number of benzene rings is 1. The second kappa shape index (κ2) is 7.29. The number of imide groups is 1. The van der Waals surface area contributed by atoms with Gasteiger partial charge in [0.1, 0.15) is 16.2 Å². The topological polar surface area (TPSA) is 98.0 Å². The molecule has 3 rings (SSSR count). The highest BCUT2D eigenvalue weighted by atomic mass is 79.9. The molecule has 0 unspecified atom stereocenters. The van der Waals surface area contributed by atoms with Crippen LogP contribution in [-0.4, -0.2) is 27.7 Å². The molecular weight excluding hydrogens is 412 g/mol. The highest BCUT2D eigenvalue weighted by molar-refractivity contribution is 9.10. The zero-order valence-corrected chi connectivity index (χ0v) is 15.4. The van der Waals surface area contributed by atoms with Crippen molar-refractivity contribution in [2.24, 2.45) is 5.73 Å². The van der Waals surface area contributed by atoms with Crippen LogP contribution in [0.4, 0.5) is 4.79 Å². The Morgan fingerprint density at radius 3 is 2.71 bits per heavy atom. The lowest BCUT2D eigenvalue weighted by atomic mass is 10.1. The average molecular weight is 423 g/mol. The fraction of sp³-hybridized carbons (Fsp3) is 0.0667. The van der Waals surface area contributed by atoms with Gasteiger partial charge < -0.3 is 5.73 Å². The van der Waals surface area contributed by atoms with Gasteiger partial charge in [-0.3, -0.25) is 10.1 Å². The first-order chi connectivity index (χ1) is 11.5. The van der Waals surface area contributed by atoms with E-state index in [4.69, 9.17) is 5.73 Å². The van der Waals surface area contributed by atoms with Crippen LogP contribution in [0.2, 0.25) is 0 Å². The maximum absolute atomic E-state index is 11.6. The SMILES string of the molecule is NC(=O)NC(=O)CSc1ncnc2scc(-c3ccc(Br)cc3)c12. The molecule has 2 aromatic heterocycles. The van der Waals surface area contributed by atoms with E-state index in [9.17, 15) is 9.59 Å². The molecule has 122 valence electrons. The fourth-order valence-corrected chi connectivity index (χ4v) is 4.16. The number of fused-ring (bicyclic) bond motifs is 1. The van der Waals surface area contributed by atoms with Crippen LogP contribution in [0.3, 0.4) is 0 Å². The van der Waals surface area contributed by atoms with Gasteiger partial charge >= 0.3 is 6.03 Å². The molecule has 0 aliphatic carbocycles. The molecule has 6 nitrogen and oxygen atoms in total. The third-order valence-electron chi connectivity index (χ3n) is 3.09. The second-order valence-electron chi connectivity index (χ2n) is 4.72. The lowest BCUT2D eigenvalue weighted by Gasteiger charge is -2.05. The lowest BCUT2D eigenvalue weighted by molar-refractivity contribution is -0.117. The Labute approximate surface area is 154 Å². The van der Waals surface area contributed by atoms with Gasteiger partial charge in [0.05, 0.1) is 11.1 Å². The molecule has 0 aliphatic heterocycles. The first-order valence-corrected chi connectivity index (χ1v) is 9.40. The van der Waals surface area contributed by atoms with Crippen LogP contribution in [0, 0.1) is 0 Å². The van der Waals surface area contributed by atoms with Crippen LogP contribution in [-0.2, 0) is 4.79 Å². The summed E-state index contributed by atoms with van der Waals surface area (Å²) >= 11 is 6.19. The molecule has 2 heterocycles. The summed E-state index contributed by atoms with van der Waals surface area (Å²) in [6.07, 6.45) is 1.47. The zero-order chi connectivity index (χ0) is 17.1. The number of aromatic nitrogens is 2. The molecule has 3 N–H and O–H groups in total. The van der Waals surface area contributed by atoms with Crippen LogP contribution in [0.5, 0.6) is 0 Å². The number of halogens is 1. The molecule has 1 aromatic carbocycles. The molecule has 0 spiro atoms. The third kappa shape index (κ3) is 3.74. The average Bonchev–Trinajstić information content (AvgIpc) is 2.97. The zero-order valence-electron chi connectivity index (χ0n) is 12.2. The number of amides is 3. The molecule has 0 saturated carbocycles. The van der Waals surface area contributed by atoms with Crippen LogP contribution >= 0.6 is 39.0 Å². The molecule has 3 amide bonds. The van der Waals surface area contributed by atoms with Crippen molar-refractivity contribution in [3.05, 3.63) is 40.4 Å². The van der Waals surface area contributed by atoms with E-state index in [0.29, 0.717) is 5.03 Å². The summed E-state index contributed by atoms with van der Waals surface area (Å²) in [7, 11) is 0.